The van der Waals surface area contributed by atoms with E-state index in [1.165, 1.54) is 16.9 Å². The van der Waals surface area contributed by atoms with E-state index in [1.807, 2.05) is 10.3 Å². The van der Waals surface area contributed by atoms with E-state index in [0.717, 1.165) is 36.9 Å². The molecule has 1 aromatic carbocycles. The summed E-state index contributed by atoms with van der Waals surface area (Å²) in [6.07, 6.45) is 3.53. The van der Waals surface area contributed by atoms with Gasteiger partial charge < -0.3 is 10.2 Å². The average molecular weight is 412 g/mol. The number of anilines is 1. The summed E-state index contributed by atoms with van der Waals surface area (Å²) < 4.78 is 0. The SMILES string of the molecule is CC(C)(C)c1ccc(-c2csc(NC(=O)C3CCN(C(=O)C4CC4)CC3)n2)cc1. The van der Waals surface area contributed by atoms with Gasteiger partial charge in [-0.1, -0.05) is 45.0 Å². The highest BCUT2D eigenvalue weighted by molar-refractivity contribution is 7.14. The Morgan fingerprint density at radius 2 is 1.69 bits per heavy atom. The number of amides is 2. The normalized spacial score (nSPS) is 18.0. The van der Waals surface area contributed by atoms with E-state index in [2.05, 4.69) is 55.3 Å². The molecule has 2 aromatic rings. The zero-order chi connectivity index (χ0) is 20.6. The molecule has 1 saturated carbocycles. The number of hydrogen-bond donors (Lipinski definition) is 1. The highest BCUT2D eigenvalue weighted by Gasteiger charge is 2.36. The number of thiazole rings is 1. The number of aromatic nitrogens is 1. The van der Waals surface area contributed by atoms with Crippen molar-refractivity contribution in [1.82, 2.24) is 9.88 Å². The van der Waals surface area contributed by atoms with Gasteiger partial charge in [0.25, 0.3) is 0 Å². The van der Waals surface area contributed by atoms with Crippen molar-refractivity contribution in [3.8, 4) is 11.3 Å². The zero-order valence-electron chi connectivity index (χ0n) is 17.4. The first-order valence-electron chi connectivity index (χ1n) is 10.5. The number of nitrogens with zero attached hydrogens (tertiary/aromatic N) is 2. The molecule has 5 nitrogen and oxygen atoms in total. The predicted octanol–water partition coefficient (Wildman–Crippen LogP) is 4.69. The average Bonchev–Trinajstić information content (AvgIpc) is 3.46. The van der Waals surface area contributed by atoms with E-state index in [-0.39, 0.29) is 29.1 Å². The van der Waals surface area contributed by atoms with Crippen LogP contribution in [0.15, 0.2) is 29.6 Å². The molecule has 2 amide bonds. The summed E-state index contributed by atoms with van der Waals surface area (Å²) >= 11 is 1.46. The van der Waals surface area contributed by atoms with Crippen molar-refractivity contribution in [3.63, 3.8) is 0 Å². The van der Waals surface area contributed by atoms with E-state index < -0.39 is 0 Å². The molecule has 6 heteroatoms. The van der Waals surface area contributed by atoms with Gasteiger partial charge in [0.1, 0.15) is 0 Å². The Kier molecular flexibility index (Phi) is 5.47. The summed E-state index contributed by atoms with van der Waals surface area (Å²) in [5, 5.41) is 5.61. The quantitative estimate of drug-likeness (QED) is 0.794. The van der Waals surface area contributed by atoms with Gasteiger partial charge in [-0.2, -0.15) is 0 Å². The fourth-order valence-electron chi connectivity index (χ4n) is 3.76. The predicted molar refractivity (Wildman–Crippen MR) is 117 cm³/mol. The number of rotatable bonds is 4. The largest absolute Gasteiger partial charge is 0.342 e. The summed E-state index contributed by atoms with van der Waals surface area (Å²) in [6.45, 7) is 7.98. The van der Waals surface area contributed by atoms with Gasteiger partial charge in [0.2, 0.25) is 11.8 Å². The molecule has 0 unspecified atom stereocenters. The number of carbonyl (C=O) groups excluding carboxylic acids is 2. The lowest BCUT2D eigenvalue weighted by Gasteiger charge is -2.31. The summed E-state index contributed by atoms with van der Waals surface area (Å²) in [5.41, 5.74) is 3.35. The van der Waals surface area contributed by atoms with Crippen LogP contribution in [-0.4, -0.2) is 34.8 Å². The summed E-state index contributed by atoms with van der Waals surface area (Å²) in [6, 6.07) is 8.47. The van der Waals surface area contributed by atoms with Crippen LogP contribution in [0.1, 0.15) is 52.0 Å². The molecule has 1 N–H and O–H groups in total. The summed E-state index contributed by atoms with van der Waals surface area (Å²) in [7, 11) is 0. The highest BCUT2D eigenvalue weighted by Crippen LogP contribution is 2.33. The minimum absolute atomic E-state index is 0.0208. The number of carbonyl (C=O) groups is 2. The maximum Gasteiger partial charge on any atom is 0.229 e. The standard InChI is InChI=1S/C23H29N3O2S/c1-23(2,3)18-8-6-15(7-9-18)19-14-29-22(24-19)25-20(27)16-10-12-26(13-11-16)21(28)17-4-5-17/h6-9,14,16-17H,4-5,10-13H2,1-3H3,(H,24,25,27). The molecule has 1 aliphatic heterocycles. The van der Waals surface area contributed by atoms with Gasteiger partial charge in [-0.15, -0.1) is 11.3 Å². The smallest absolute Gasteiger partial charge is 0.229 e. The van der Waals surface area contributed by atoms with E-state index >= 15 is 0 Å². The van der Waals surface area contributed by atoms with Crippen molar-refractivity contribution in [2.75, 3.05) is 18.4 Å². The van der Waals surface area contributed by atoms with Crippen LogP contribution in [0.3, 0.4) is 0 Å². The van der Waals surface area contributed by atoms with Crippen LogP contribution < -0.4 is 5.32 Å². The molecule has 0 radical (unpaired) electrons. The number of likely N-dealkylation sites (tertiary alicyclic amines) is 1. The second-order valence-corrected chi connectivity index (χ2v) is 10.1. The lowest BCUT2D eigenvalue weighted by atomic mass is 9.86. The lowest BCUT2D eigenvalue weighted by Crippen LogP contribution is -2.42. The maximum atomic E-state index is 12.6. The Morgan fingerprint density at radius 1 is 1.03 bits per heavy atom. The summed E-state index contributed by atoms with van der Waals surface area (Å²) in [4.78, 5) is 31.3. The number of benzene rings is 1. The maximum absolute atomic E-state index is 12.6. The third kappa shape index (κ3) is 4.69. The lowest BCUT2D eigenvalue weighted by molar-refractivity contribution is -0.135. The van der Waals surface area contributed by atoms with Gasteiger partial charge >= 0.3 is 0 Å². The molecule has 29 heavy (non-hydrogen) atoms. The monoisotopic (exact) mass is 411 g/mol. The molecule has 0 bridgehead atoms. The topological polar surface area (TPSA) is 62.3 Å². The molecule has 4 rings (SSSR count). The summed E-state index contributed by atoms with van der Waals surface area (Å²) in [5.74, 6) is 0.515. The van der Waals surface area contributed by atoms with Gasteiger partial charge in [0, 0.05) is 35.9 Å². The fraction of sp³-hybridized carbons (Fsp3) is 0.522. The Hall–Kier alpha value is -2.21. The fourth-order valence-corrected chi connectivity index (χ4v) is 4.49. The third-order valence-corrected chi connectivity index (χ3v) is 6.64. The van der Waals surface area contributed by atoms with E-state index in [9.17, 15) is 9.59 Å². The molecule has 2 fully saturated rings. The molecule has 1 aromatic heterocycles. The van der Waals surface area contributed by atoms with Crippen LogP contribution in [0, 0.1) is 11.8 Å². The molecule has 0 atom stereocenters. The van der Waals surface area contributed by atoms with Gasteiger partial charge in [-0.3, -0.25) is 9.59 Å². The van der Waals surface area contributed by atoms with Gasteiger partial charge in [-0.25, -0.2) is 4.98 Å². The molecule has 1 saturated heterocycles. The first-order chi connectivity index (χ1) is 13.8. The van der Waals surface area contributed by atoms with E-state index in [4.69, 9.17) is 0 Å². The third-order valence-electron chi connectivity index (χ3n) is 5.89. The molecule has 2 heterocycles. The number of nitrogens with one attached hydrogen (secondary N) is 1. The van der Waals surface area contributed by atoms with Gasteiger partial charge in [0.15, 0.2) is 5.13 Å². The first kappa shape index (κ1) is 20.1. The molecular weight excluding hydrogens is 382 g/mol. The first-order valence-corrected chi connectivity index (χ1v) is 11.4. The Labute approximate surface area is 176 Å². The van der Waals surface area contributed by atoms with Crippen LogP contribution >= 0.6 is 11.3 Å². The molecular formula is C23H29N3O2S. The molecule has 2 aliphatic rings. The van der Waals surface area contributed by atoms with Crippen molar-refractivity contribution in [3.05, 3.63) is 35.2 Å². The van der Waals surface area contributed by atoms with Crippen LogP contribution in [0.25, 0.3) is 11.3 Å². The highest BCUT2D eigenvalue weighted by atomic mass is 32.1. The molecule has 0 spiro atoms. The minimum atomic E-state index is -0.0447. The van der Waals surface area contributed by atoms with Crippen LogP contribution in [0.4, 0.5) is 5.13 Å². The van der Waals surface area contributed by atoms with Gasteiger partial charge in [0.05, 0.1) is 5.69 Å². The zero-order valence-corrected chi connectivity index (χ0v) is 18.2. The molecule has 1 aliphatic carbocycles. The van der Waals surface area contributed by atoms with Gasteiger partial charge in [-0.05, 0) is 36.7 Å². The van der Waals surface area contributed by atoms with Crippen molar-refractivity contribution in [2.24, 2.45) is 11.8 Å². The van der Waals surface area contributed by atoms with Crippen LogP contribution in [0.2, 0.25) is 0 Å². The van der Waals surface area contributed by atoms with Crippen molar-refractivity contribution in [1.29, 1.82) is 0 Å². The second kappa shape index (κ2) is 7.90. The van der Waals surface area contributed by atoms with Crippen molar-refractivity contribution in [2.45, 2.75) is 51.9 Å². The van der Waals surface area contributed by atoms with Crippen molar-refractivity contribution < 1.29 is 9.59 Å². The Bertz CT molecular complexity index is 886. The Morgan fingerprint density at radius 3 is 2.28 bits per heavy atom. The second-order valence-electron chi connectivity index (χ2n) is 9.23. The van der Waals surface area contributed by atoms with E-state index in [0.29, 0.717) is 18.2 Å². The minimum Gasteiger partial charge on any atom is -0.342 e. The van der Waals surface area contributed by atoms with E-state index in [1.54, 1.807) is 0 Å². The molecule has 154 valence electrons. The van der Waals surface area contributed by atoms with Crippen LogP contribution in [0.5, 0.6) is 0 Å². The Balaban J connectivity index is 1.33. The van der Waals surface area contributed by atoms with Crippen LogP contribution in [-0.2, 0) is 15.0 Å². The van der Waals surface area contributed by atoms with Crippen molar-refractivity contribution >= 4 is 28.3 Å². The number of piperidine rings is 1. The number of hydrogen-bond acceptors (Lipinski definition) is 4.